The quantitative estimate of drug-likeness (QED) is 0.257. The minimum Gasteiger partial charge on any atom is -0.378 e. The first-order valence-corrected chi connectivity index (χ1v) is 7.63. The Morgan fingerprint density at radius 1 is 1.24 bits per heavy atom. The summed E-state index contributed by atoms with van der Waals surface area (Å²) in [6.07, 6.45) is 0. The first-order chi connectivity index (χ1) is 11.8. The van der Waals surface area contributed by atoms with Gasteiger partial charge in [0.05, 0.1) is 16.2 Å². The highest BCUT2D eigenvalue weighted by molar-refractivity contribution is 6.43. The fourth-order valence-corrected chi connectivity index (χ4v) is 2.45. The Labute approximate surface area is 144 Å². The van der Waals surface area contributed by atoms with E-state index in [1.807, 2.05) is 0 Å². The van der Waals surface area contributed by atoms with Crippen LogP contribution in [0.2, 0.25) is 0 Å². The monoisotopic (exact) mass is 345 g/mol. The van der Waals surface area contributed by atoms with Crippen molar-refractivity contribution >= 4 is 23.1 Å². The van der Waals surface area contributed by atoms with Crippen LogP contribution in [0.3, 0.4) is 0 Å². The highest BCUT2D eigenvalue weighted by Crippen LogP contribution is 2.22. The summed E-state index contributed by atoms with van der Waals surface area (Å²) in [7, 11) is 1.70. The van der Waals surface area contributed by atoms with Gasteiger partial charge in [-0.25, -0.2) is 0 Å². The van der Waals surface area contributed by atoms with Gasteiger partial charge in [0.25, 0.3) is 17.4 Å². The molecule has 9 heteroatoms. The van der Waals surface area contributed by atoms with Crippen molar-refractivity contribution in [1.82, 2.24) is 15.1 Å². The molecule has 2 N–H and O–H groups in total. The molecule has 0 saturated heterocycles. The van der Waals surface area contributed by atoms with Crippen LogP contribution in [0.5, 0.6) is 0 Å². The van der Waals surface area contributed by atoms with Crippen molar-refractivity contribution in [3.63, 3.8) is 0 Å². The van der Waals surface area contributed by atoms with Crippen LogP contribution in [0.15, 0.2) is 24.3 Å². The third kappa shape index (κ3) is 4.00. The third-order valence-corrected chi connectivity index (χ3v) is 3.77. The van der Waals surface area contributed by atoms with Gasteiger partial charge in [0.15, 0.2) is 0 Å². The summed E-state index contributed by atoms with van der Waals surface area (Å²) in [6.45, 7) is 3.78. The Hall–Kier alpha value is -3.23. The van der Waals surface area contributed by atoms with Crippen molar-refractivity contribution in [3.05, 3.63) is 51.3 Å². The number of carbonyl (C=O) groups is 2. The number of anilines is 1. The molecule has 0 radical (unpaired) electrons. The lowest BCUT2D eigenvalue weighted by molar-refractivity contribution is -0.384. The molecule has 132 valence electrons. The van der Waals surface area contributed by atoms with E-state index < -0.39 is 16.6 Å². The smallest absolute Gasteiger partial charge is 0.292 e. The summed E-state index contributed by atoms with van der Waals surface area (Å²) in [5.41, 5.74) is 1.72. The molecule has 25 heavy (non-hydrogen) atoms. The topological polar surface area (TPSA) is 119 Å². The Bertz CT molecular complexity index is 828. The number of hydrogen-bond donors (Lipinski definition) is 2. The molecular formula is C16H19N5O4. The number of carbonyl (C=O) groups excluding carboxylic acids is 2. The van der Waals surface area contributed by atoms with Crippen molar-refractivity contribution in [3.8, 4) is 0 Å². The second-order valence-electron chi connectivity index (χ2n) is 5.46. The maximum absolute atomic E-state index is 12.2. The summed E-state index contributed by atoms with van der Waals surface area (Å²) in [6, 6.07) is 6.21. The average molecular weight is 345 g/mol. The molecule has 0 spiro atoms. The van der Waals surface area contributed by atoms with Crippen LogP contribution in [-0.4, -0.2) is 39.5 Å². The van der Waals surface area contributed by atoms with Crippen LogP contribution < -0.4 is 10.6 Å². The Morgan fingerprint density at radius 3 is 2.52 bits per heavy atom. The number of ketones is 1. The maximum atomic E-state index is 12.2. The molecular weight excluding hydrogens is 326 g/mol. The van der Waals surface area contributed by atoms with Crippen LogP contribution in [0.25, 0.3) is 0 Å². The lowest BCUT2D eigenvalue weighted by Crippen LogP contribution is -2.35. The number of aryl methyl sites for hydroxylation is 2. The Morgan fingerprint density at radius 2 is 1.92 bits per heavy atom. The van der Waals surface area contributed by atoms with Crippen molar-refractivity contribution < 1.29 is 14.5 Å². The summed E-state index contributed by atoms with van der Waals surface area (Å²) in [5, 5.41) is 20.4. The Kier molecular flexibility index (Phi) is 5.48. The number of benzene rings is 1. The number of para-hydroxylation sites is 2. The molecule has 0 atom stereocenters. The van der Waals surface area contributed by atoms with E-state index in [-0.39, 0.29) is 18.8 Å². The van der Waals surface area contributed by atoms with E-state index in [1.165, 1.54) is 6.07 Å². The minimum atomic E-state index is -0.733. The standard InChI is InChI=1S/C16H19N5O4/c1-10-14(11(2)20(3)19-10)15(22)16(23)18-9-8-17-12-6-4-5-7-13(12)21(24)25/h4-7,17H,8-9H2,1-3H3,(H,18,23). The molecule has 0 fully saturated rings. The van der Waals surface area contributed by atoms with Gasteiger partial charge >= 0.3 is 0 Å². The van der Waals surface area contributed by atoms with Gasteiger partial charge in [-0.05, 0) is 19.9 Å². The SMILES string of the molecule is Cc1nn(C)c(C)c1C(=O)C(=O)NCCNc1ccccc1[N+](=O)[O-]. The van der Waals surface area contributed by atoms with Crippen LogP contribution in [0, 0.1) is 24.0 Å². The van der Waals surface area contributed by atoms with Crippen LogP contribution in [0.1, 0.15) is 21.7 Å². The highest BCUT2D eigenvalue weighted by atomic mass is 16.6. The van der Waals surface area contributed by atoms with Crippen molar-refractivity contribution in [2.24, 2.45) is 7.05 Å². The van der Waals surface area contributed by atoms with Gasteiger partial charge in [0, 0.05) is 31.9 Å². The third-order valence-electron chi connectivity index (χ3n) is 3.77. The second-order valence-corrected chi connectivity index (χ2v) is 5.46. The first-order valence-electron chi connectivity index (χ1n) is 7.63. The number of nitrogens with zero attached hydrogens (tertiary/aromatic N) is 3. The maximum Gasteiger partial charge on any atom is 0.292 e. The predicted octanol–water partition coefficient (Wildman–Crippen LogP) is 1.36. The second kappa shape index (κ2) is 7.56. The zero-order valence-electron chi connectivity index (χ0n) is 14.2. The molecule has 0 bridgehead atoms. The molecule has 0 aliphatic rings. The largest absolute Gasteiger partial charge is 0.378 e. The van der Waals surface area contributed by atoms with Gasteiger partial charge < -0.3 is 10.6 Å². The van der Waals surface area contributed by atoms with Gasteiger partial charge in [-0.15, -0.1) is 0 Å². The molecule has 1 aromatic heterocycles. The number of hydrogen-bond acceptors (Lipinski definition) is 6. The van der Waals surface area contributed by atoms with Gasteiger partial charge in [0.2, 0.25) is 0 Å². The van der Waals surface area contributed by atoms with E-state index in [9.17, 15) is 19.7 Å². The number of Topliss-reactive ketones (excluding diaryl/α,β-unsaturated/α-hetero) is 1. The summed E-state index contributed by atoms with van der Waals surface area (Å²) < 4.78 is 1.55. The molecule has 1 heterocycles. The molecule has 2 rings (SSSR count). The fourth-order valence-electron chi connectivity index (χ4n) is 2.45. The minimum absolute atomic E-state index is 0.0495. The number of nitro groups is 1. The number of nitro benzene ring substituents is 1. The number of rotatable bonds is 7. The van der Waals surface area contributed by atoms with Crippen molar-refractivity contribution in [2.45, 2.75) is 13.8 Å². The van der Waals surface area contributed by atoms with Crippen molar-refractivity contribution in [2.75, 3.05) is 18.4 Å². The van der Waals surface area contributed by atoms with Crippen LogP contribution in [0.4, 0.5) is 11.4 Å². The molecule has 0 aliphatic carbocycles. The van der Waals surface area contributed by atoms with E-state index in [0.717, 1.165) is 0 Å². The summed E-state index contributed by atoms with van der Waals surface area (Å²) >= 11 is 0. The van der Waals surface area contributed by atoms with Crippen LogP contribution >= 0.6 is 0 Å². The van der Waals surface area contributed by atoms with E-state index in [0.29, 0.717) is 22.6 Å². The molecule has 2 aromatic rings. The van der Waals surface area contributed by atoms with Crippen molar-refractivity contribution in [1.29, 1.82) is 0 Å². The zero-order chi connectivity index (χ0) is 18.6. The molecule has 0 saturated carbocycles. The van der Waals surface area contributed by atoms with Crippen LogP contribution in [-0.2, 0) is 11.8 Å². The predicted molar refractivity (Wildman–Crippen MR) is 91.6 cm³/mol. The molecule has 9 nitrogen and oxygen atoms in total. The first kappa shape index (κ1) is 18.1. The van der Waals surface area contributed by atoms with E-state index in [4.69, 9.17) is 0 Å². The average Bonchev–Trinajstić information content (AvgIpc) is 2.83. The van der Waals surface area contributed by atoms with E-state index >= 15 is 0 Å². The van der Waals surface area contributed by atoms with Gasteiger partial charge in [0.1, 0.15) is 5.69 Å². The lowest BCUT2D eigenvalue weighted by Gasteiger charge is -2.08. The zero-order valence-corrected chi connectivity index (χ0v) is 14.2. The molecule has 1 aromatic carbocycles. The Balaban J connectivity index is 1.91. The summed E-state index contributed by atoms with van der Waals surface area (Å²) in [4.78, 5) is 34.7. The normalized spacial score (nSPS) is 10.4. The number of nitrogens with one attached hydrogen (secondary N) is 2. The number of aromatic nitrogens is 2. The van der Waals surface area contributed by atoms with E-state index in [1.54, 1.807) is 43.8 Å². The molecule has 0 unspecified atom stereocenters. The molecule has 1 amide bonds. The van der Waals surface area contributed by atoms with Gasteiger partial charge in [-0.1, -0.05) is 12.1 Å². The van der Waals surface area contributed by atoms with E-state index in [2.05, 4.69) is 15.7 Å². The van der Waals surface area contributed by atoms with Gasteiger partial charge in [-0.2, -0.15) is 5.10 Å². The van der Waals surface area contributed by atoms with Gasteiger partial charge in [-0.3, -0.25) is 24.4 Å². The lowest BCUT2D eigenvalue weighted by atomic mass is 10.1. The highest BCUT2D eigenvalue weighted by Gasteiger charge is 2.23. The number of amides is 1. The summed E-state index contributed by atoms with van der Waals surface area (Å²) in [5.74, 6) is -1.38. The fraction of sp³-hybridized carbons (Fsp3) is 0.312. The molecule has 0 aliphatic heterocycles.